The van der Waals surface area contributed by atoms with Crippen molar-refractivity contribution in [3.63, 3.8) is 0 Å². The van der Waals surface area contributed by atoms with E-state index in [0.29, 0.717) is 0 Å². The van der Waals surface area contributed by atoms with E-state index in [9.17, 15) is 0 Å². The molecule has 1 nitrogen and oxygen atoms in total. The van der Waals surface area contributed by atoms with Gasteiger partial charge in [0.25, 0.3) is 0 Å². The molecule has 0 aliphatic heterocycles. The standard InChI is InChI=1S/C36H36OS/c1-22-28-13-10-14-30(26-17-23-11-8-9-12-29(23)31(19-26)36(5,6)7)34(28)38-33(22)25-16-15-24-18-27(21-35(2,3)4)37-32(24)20-25/h8-20H,21H2,1-7H3. The van der Waals surface area contributed by atoms with Crippen molar-refractivity contribution < 1.29 is 4.42 Å². The van der Waals surface area contributed by atoms with E-state index in [1.54, 1.807) is 0 Å². The van der Waals surface area contributed by atoms with Gasteiger partial charge in [-0.3, -0.25) is 0 Å². The molecule has 0 amide bonds. The van der Waals surface area contributed by atoms with Crippen LogP contribution in [0.4, 0.5) is 0 Å². The van der Waals surface area contributed by atoms with E-state index in [1.807, 2.05) is 11.3 Å². The van der Waals surface area contributed by atoms with E-state index < -0.39 is 0 Å². The van der Waals surface area contributed by atoms with Crippen molar-refractivity contribution in [2.24, 2.45) is 5.41 Å². The Balaban J connectivity index is 1.50. The maximum Gasteiger partial charge on any atom is 0.134 e. The van der Waals surface area contributed by atoms with Crippen LogP contribution in [0.3, 0.4) is 0 Å². The highest BCUT2D eigenvalue weighted by atomic mass is 32.1. The lowest BCUT2D eigenvalue weighted by Crippen LogP contribution is -2.11. The molecule has 0 spiro atoms. The molecule has 6 aromatic rings. The molecule has 0 radical (unpaired) electrons. The summed E-state index contributed by atoms with van der Waals surface area (Å²) in [4.78, 5) is 1.32. The third-order valence-corrected chi connectivity index (χ3v) is 8.87. The second-order valence-corrected chi connectivity index (χ2v) is 14.0. The molecule has 0 unspecified atom stereocenters. The predicted octanol–water partition coefficient (Wildman–Crippen LogP) is 11.3. The number of aryl methyl sites for hydroxylation is 1. The SMILES string of the molecule is Cc1c(-c2ccc3cc(CC(C)(C)C)oc3c2)sc2c(-c3cc(C(C)(C)C)c4ccccc4c3)cccc12. The van der Waals surface area contributed by atoms with Gasteiger partial charge in [-0.2, -0.15) is 0 Å². The van der Waals surface area contributed by atoms with Gasteiger partial charge in [-0.05, 0) is 86.0 Å². The van der Waals surface area contributed by atoms with Crippen molar-refractivity contribution in [1.29, 1.82) is 0 Å². The van der Waals surface area contributed by atoms with Crippen LogP contribution >= 0.6 is 11.3 Å². The average molecular weight is 517 g/mol. The van der Waals surface area contributed by atoms with Crippen LogP contribution < -0.4 is 0 Å². The van der Waals surface area contributed by atoms with E-state index in [2.05, 4.69) is 127 Å². The fraction of sp³-hybridized carbons (Fsp3) is 0.278. The molecular weight excluding hydrogens is 480 g/mol. The van der Waals surface area contributed by atoms with E-state index in [4.69, 9.17) is 4.42 Å². The molecule has 38 heavy (non-hydrogen) atoms. The quantitative estimate of drug-likeness (QED) is 0.228. The van der Waals surface area contributed by atoms with Crippen LogP contribution in [0.1, 0.15) is 58.4 Å². The van der Waals surface area contributed by atoms with Crippen LogP contribution in [0.15, 0.2) is 83.3 Å². The Morgan fingerprint density at radius 3 is 2.24 bits per heavy atom. The zero-order chi connectivity index (χ0) is 26.8. The molecule has 6 rings (SSSR count). The molecule has 0 fully saturated rings. The molecule has 0 N–H and O–H groups in total. The van der Waals surface area contributed by atoms with E-state index in [0.717, 1.165) is 17.8 Å². The Bertz CT molecular complexity index is 1810. The molecule has 2 heteroatoms. The van der Waals surface area contributed by atoms with Crippen molar-refractivity contribution in [2.45, 2.75) is 60.3 Å². The second-order valence-electron chi connectivity index (χ2n) is 12.9. The summed E-state index contributed by atoms with van der Waals surface area (Å²) in [7, 11) is 0. The van der Waals surface area contributed by atoms with E-state index >= 15 is 0 Å². The Hall–Kier alpha value is -3.36. The van der Waals surface area contributed by atoms with Gasteiger partial charge in [0.15, 0.2) is 0 Å². The Labute approximate surface area is 230 Å². The first-order valence-corrected chi connectivity index (χ1v) is 14.4. The van der Waals surface area contributed by atoms with Crippen LogP contribution in [0.25, 0.3) is 53.4 Å². The molecule has 0 saturated carbocycles. The lowest BCUT2D eigenvalue weighted by Gasteiger charge is -2.23. The smallest absolute Gasteiger partial charge is 0.134 e. The monoisotopic (exact) mass is 516 g/mol. The number of hydrogen-bond donors (Lipinski definition) is 0. The van der Waals surface area contributed by atoms with Gasteiger partial charge in [0.1, 0.15) is 11.3 Å². The van der Waals surface area contributed by atoms with Crippen LogP contribution in [-0.4, -0.2) is 0 Å². The number of fused-ring (bicyclic) bond motifs is 3. The molecular formula is C36H36OS. The van der Waals surface area contributed by atoms with E-state index in [-0.39, 0.29) is 10.8 Å². The lowest BCUT2D eigenvalue weighted by molar-refractivity contribution is 0.370. The van der Waals surface area contributed by atoms with Crippen molar-refractivity contribution in [2.75, 3.05) is 0 Å². The molecule has 2 heterocycles. The minimum absolute atomic E-state index is 0.0599. The summed E-state index contributed by atoms with van der Waals surface area (Å²) in [6.45, 7) is 16.0. The van der Waals surface area contributed by atoms with Crippen LogP contribution in [-0.2, 0) is 11.8 Å². The molecule has 0 aliphatic rings. The molecule has 0 bridgehead atoms. The van der Waals surface area contributed by atoms with Gasteiger partial charge in [-0.25, -0.2) is 0 Å². The minimum Gasteiger partial charge on any atom is -0.461 e. The Morgan fingerprint density at radius 2 is 1.47 bits per heavy atom. The first-order valence-electron chi connectivity index (χ1n) is 13.6. The largest absolute Gasteiger partial charge is 0.461 e. The number of rotatable bonds is 3. The summed E-state index contributed by atoms with van der Waals surface area (Å²) >= 11 is 1.90. The van der Waals surface area contributed by atoms with Gasteiger partial charge in [-0.1, -0.05) is 96.1 Å². The topological polar surface area (TPSA) is 13.1 Å². The number of benzene rings is 4. The zero-order valence-electron chi connectivity index (χ0n) is 23.5. The van der Waals surface area contributed by atoms with Gasteiger partial charge >= 0.3 is 0 Å². The molecule has 0 aliphatic carbocycles. The summed E-state index contributed by atoms with van der Waals surface area (Å²) in [5, 5.41) is 5.16. The summed E-state index contributed by atoms with van der Waals surface area (Å²) in [6.07, 6.45) is 0.935. The van der Waals surface area contributed by atoms with Gasteiger partial charge in [0.05, 0.1) is 0 Å². The first kappa shape index (κ1) is 24.9. The predicted molar refractivity (Wildman–Crippen MR) is 167 cm³/mol. The first-order chi connectivity index (χ1) is 18.0. The highest BCUT2D eigenvalue weighted by molar-refractivity contribution is 7.23. The number of furan rings is 1. The third-order valence-electron chi connectivity index (χ3n) is 7.48. The Kier molecular flexibility index (Phi) is 5.81. The summed E-state index contributed by atoms with van der Waals surface area (Å²) < 4.78 is 7.65. The van der Waals surface area contributed by atoms with Crippen molar-refractivity contribution in [1.82, 2.24) is 0 Å². The van der Waals surface area contributed by atoms with Gasteiger partial charge in [0, 0.05) is 21.4 Å². The molecule has 0 saturated heterocycles. The number of hydrogen-bond acceptors (Lipinski definition) is 2. The minimum atomic E-state index is 0.0599. The average Bonchev–Trinajstić information content (AvgIpc) is 3.40. The molecule has 192 valence electrons. The van der Waals surface area contributed by atoms with Gasteiger partial charge < -0.3 is 4.42 Å². The normalized spacial score (nSPS) is 12.7. The highest BCUT2D eigenvalue weighted by Crippen LogP contribution is 2.45. The van der Waals surface area contributed by atoms with Crippen molar-refractivity contribution >= 4 is 43.2 Å². The summed E-state index contributed by atoms with van der Waals surface area (Å²) in [5.41, 5.74) is 7.80. The van der Waals surface area contributed by atoms with E-state index in [1.165, 1.54) is 58.9 Å². The van der Waals surface area contributed by atoms with Gasteiger partial charge in [-0.15, -0.1) is 11.3 Å². The molecule has 0 atom stereocenters. The lowest BCUT2D eigenvalue weighted by atomic mass is 9.82. The molecule has 4 aromatic carbocycles. The zero-order valence-corrected chi connectivity index (χ0v) is 24.3. The number of thiophene rings is 1. The highest BCUT2D eigenvalue weighted by Gasteiger charge is 2.21. The second kappa shape index (κ2) is 8.85. The fourth-order valence-electron chi connectivity index (χ4n) is 5.67. The van der Waals surface area contributed by atoms with Crippen LogP contribution in [0.2, 0.25) is 0 Å². The molecule has 2 aromatic heterocycles. The van der Waals surface area contributed by atoms with Gasteiger partial charge in [0.2, 0.25) is 0 Å². The fourth-order valence-corrected chi connectivity index (χ4v) is 7.01. The third kappa shape index (κ3) is 4.46. The summed E-state index contributed by atoms with van der Waals surface area (Å²) in [6, 6.07) is 29.2. The van der Waals surface area contributed by atoms with Crippen molar-refractivity contribution in [3.8, 4) is 21.6 Å². The summed E-state index contributed by atoms with van der Waals surface area (Å²) in [5.74, 6) is 1.06. The maximum absolute atomic E-state index is 6.30. The van der Waals surface area contributed by atoms with Crippen molar-refractivity contribution in [3.05, 3.63) is 95.7 Å². The van der Waals surface area contributed by atoms with Crippen LogP contribution in [0, 0.1) is 12.3 Å². The Morgan fingerprint density at radius 1 is 0.711 bits per heavy atom. The maximum atomic E-state index is 6.30. The van der Waals surface area contributed by atoms with Crippen LogP contribution in [0.5, 0.6) is 0 Å².